The number of methoxy groups -OCH3 is 2. The average molecular weight is 783 g/mol. The highest BCUT2D eigenvalue weighted by Crippen LogP contribution is 2.58. The number of carbonyl (C=O) groups is 2. The van der Waals surface area contributed by atoms with Crippen LogP contribution in [0.1, 0.15) is 106 Å². The van der Waals surface area contributed by atoms with Gasteiger partial charge in [-0.15, -0.1) is 0 Å². The lowest BCUT2D eigenvalue weighted by atomic mass is 9.66. The summed E-state index contributed by atoms with van der Waals surface area (Å²) < 4.78 is 33.6. The molecule has 0 N–H and O–H groups in total. The van der Waals surface area contributed by atoms with Crippen molar-refractivity contribution in [2.24, 2.45) is 0 Å². The molecule has 0 saturated heterocycles. The van der Waals surface area contributed by atoms with E-state index in [2.05, 4.69) is 77.9 Å². The first-order chi connectivity index (χ1) is 27.2. The molecule has 306 valence electrons. The molecule has 0 radical (unpaired) electrons. The number of hydrogen-bond acceptors (Lipinski definition) is 10. The quantitative estimate of drug-likeness (QED) is 0.0281. The van der Waals surface area contributed by atoms with Crippen LogP contribution in [0.25, 0.3) is 11.1 Å². The van der Waals surface area contributed by atoms with Crippen molar-refractivity contribution in [3.05, 3.63) is 112 Å². The van der Waals surface area contributed by atoms with E-state index in [0.29, 0.717) is 38.8 Å². The first kappa shape index (κ1) is 43.4. The first-order valence-electron chi connectivity index (χ1n) is 19.6. The van der Waals surface area contributed by atoms with E-state index in [1.807, 2.05) is 37.3 Å². The summed E-state index contributed by atoms with van der Waals surface area (Å²) in [5, 5.41) is 0. The van der Waals surface area contributed by atoms with Crippen molar-refractivity contribution >= 4 is 11.9 Å². The number of rotatable bonds is 18. The lowest BCUT2D eigenvalue weighted by Crippen LogP contribution is -2.30. The average Bonchev–Trinajstić information content (AvgIpc) is 3.46. The Morgan fingerprint density at radius 1 is 0.614 bits per heavy atom. The summed E-state index contributed by atoms with van der Waals surface area (Å²) in [5.41, 5.74) is 6.83. The molecule has 10 heteroatoms. The van der Waals surface area contributed by atoms with Crippen LogP contribution in [0.4, 0.5) is 0 Å². The molecule has 0 atom stereocenters. The van der Waals surface area contributed by atoms with Gasteiger partial charge < -0.3 is 33.3 Å². The summed E-state index contributed by atoms with van der Waals surface area (Å²) in [7, 11) is 2.97. The highest BCUT2D eigenvalue weighted by molar-refractivity contribution is 5.94. The molecule has 0 fully saturated rings. The largest absolute Gasteiger partial charge is 0.490 e. The van der Waals surface area contributed by atoms with Gasteiger partial charge in [0.25, 0.3) is 0 Å². The fourth-order valence-corrected chi connectivity index (χ4v) is 7.15. The first-order valence-corrected chi connectivity index (χ1v) is 19.6. The number of esters is 2. The van der Waals surface area contributed by atoms with Gasteiger partial charge in [0.2, 0.25) is 5.75 Å². The van der Waals surface area contributed by atoms with Crippen molar-refractivity contribution in [3.63, 3.8) is 0 Å². The van der Waals surface area contributed by atoms with Crippen LogP contribution < -0.4 is 14.4 Å². The molecule has 5 rings (SSSR count). The Bertz CT molecular complexity index is 1960. The van der Waals surface area contributed by atoms with Gasteiger partial charge in [-0.3, -0.25) is 4.79 Å². The van der Waals surface area contributed by atoms with Crippen LogP contribution in [0.15, 0.2) is 72.8 Å². The predicted octanol–water partition coefficient (Wildman–Crippen LogP) is 9.14. The summed E-state index contributed by atoms with van der Waals surface area (Å²) in [6.45, 7) is 19.1. The zero-order valence-corrected chi connectivity index (χ0v) is 35.2. The molecule has 0 saturated carbocycles. The Morgan fingerprint density at radius 2 is 1.18 bits per heavy atom. The second-order valence-electron chi connectivity index (χ2n) is 16.2. The minimum Gasteiger partial charge on any atom is -0.490 e. The van der Waals surface area contributed by atoms with E-state index in [4.69, 9.17) is 38.2 Å². The molecular weight excluding hydrogens is 725 g/mol. The zero-order chi connectivity index (χ0) is 41.4. The maximum absolute atomic E-state index is 13.6. The molecule has 0 unspecified atom stereocenters. The number of fused-ring (bicyclic) bond motifs is 3. The summed E-state index contributed by atoms with van der Waals surface area (Å²) >= 11 is 0. The normalized spacial score (nSPS) is 13.2. The van der Waals surface area contributed by atoms with Gasteiger partial charge in [0.15, 0.2) is 5.75 Å². The Balaban J connectivity index is 1.80. The van der Waals surface area contributed by atoms with Gasteiger partial charge in [-0.25, -0.2) is 4.79 Å². The maximum Gasteiger partial charge on any atom is 0.341 e. The Hall–Kier alpha value is -4.74. The van der Waals surface area contributed by atoms with Crippen molar-refractivity contribution in [2.45, 2.75) is 78.1 Å². The van der Waals surface area contributed by atoms with Crippen molar-refractivity contribution in [1.82, 2.24) is 0 Å². The minimum atomic E-state index is -1.03. The Morgan fingerprint density at radius 3 is 1.74 bits per heavy atom. The van der Waals surface area contributed by atoms with Gasteiger partial charge >= 0.3 is 11.9 Å². The van der Waals surface area contributed by atoms with Crippen molar-refractivity contribution in [1.29, 1.82) is 0 Å². The third-order valence-corrected chi connectivity index (χ3v) is 10.0. The fraction of sp³-hybridized carbons (Fsp3) is 0.447. The smallest absolute Gasteiger partial charge is 0.341 e. The van der Waals surface area contributed by atoms with Gasteiger partial charge in [0, 0.05) is 20.6 Å². The molecule has 4 aromatic rings. The molecule has 0 aliphatic heterocycles. The van der Waals surface area contributed by atoms with E-state index in [0.717, 1.165) is 50.9 Å². The number of carbonyl (C=O) groups excluding carboxylic acids is 2. The molecule has 1 aliphatic carbocycles. The van der Waals surface area contributed by atoms with E-state index in [1.54, 1.807) is 13.2 Å². The molecule has 0 spiro atoms. The summed E-state index contributed by atoms with van der Waals surface area (Å²) in [6, 6.07) is 24.5. The monoisotopic (exact) mass is 782 g/mol. The SMILES string of the molecule is CCCOCCOOc1ccc(C2(c3ccc(OCCOCCOC)c(C(=O)OC)c3)c3cc(C(C)(C)C)ccc3-c3ccc(C(C)(C)C)cc32)cc1OC(C)=O. The second kappa shape index (κ2) is 18.7. The lowest BCUT2D eigenvalue weighted by Gasteiger charge is -2.36. The van der Waals surface area contributed by atoms with E-state index >= 15 is 0 Å². The summed E-state index contributed by atoms with van der Waals surface area (Å²) in [6.07, 6.45) is 0.891. The number of benzene rings is 4. The van der Waals surface area contributed by atoms with Crippen molar-refractivity contribution in [3.8, 4) is 28.4 Å². The van der Waals surface area contributed by atoms with E-state index < -0.39 is 17.4 Å². The third-order valence-electron chi connectivity index (χ3n) is 10.0. The fourth-order valence-electron chi connectivity index (χ4n) is 7.15. The van der Waals surface area contributed by atoms with Crippen LogP contribution in [-0.2, 0) is 44.9 Å². The Labute approximate surface area is 337 Å². The molecule has 1 aliphatic rings. The van der Waals surface area contributed by atoms with E-state index in [1.165, 1.54) is 14.0 Å². The molecular formula is C47H58O10. The molecule has 4 aromatic carbocycles. The predicted molar refractivity (Wildman–Crippen MR) is 220 cm³/mol. The van der Waals surface area contributed by atoms with Gasteiger partial charge in [-0.1, -0.05) is 97.0 Å². The lowest BCUT2D eigenvalue weighted by molar-refractivity contribution is -0.216. The van der Waals surface area contributed by atoms with Gasteiger partial charge in [-0.05, 0) is 86.0 Å². The summed E-state index contributed by atoms with van der Waals surface area (Å²) in [5.74, 6) is -0.279. The van der Waals surface area contributed by atoms with Crippen LogP contribution in [0, 0.1) is 0 Å². The van der Waals surface area contributed by atoms with Gasteiger partial charge in [0.1, 0.15) is 24.5 Å². The molecule has 10 nitrogen and oxygen atoms in total. The molecule has 0 bridgehead atoms. The van der Waals surface area contributed by atoms with Crippen LogP contribution in [-0.4, -0.2) is 72.4 Å². The van der Waals surface area contributed by atoms with Crippen LogP contribution in [0.3, 0.4) is 0 Å². The van der Waals surface area contributed by atoms with E-state index in [-0.39, 0.29) is 41.1 Å². The van der Waals surface area contributed by atoms with Gasteiger partial charge in [0.05, 0.1) is 39.0 Å². The molecule has 0 heterocycles. The van der Waals surface area contributed by atoms with Crippen molar-refractivity contribution in [2.75, 3.05) is 60.5 Å². The van der Waals surface area contributed by atoms with Crippen LogP contribution >= 0.6 is 0 Å². The standard InChI is InChI=1S/C47H58O10/c1-11-20-52-24-26-55-57-42-19-15-35(30-43(42)56-31(2)48)47(34-14-18-41(38(27-34)44(49)51-10)54-25-23-53-22-21-50-9)39-28-32(45(3,4)5)12-16-36(39)37-17-13-33(29-40(37)47)46(6,7)8/h12-19,27-30H,11,20-26H2,1-10H3. The second-order valence-corrected chi connectivity index (χ2v) is 16.2. The van der Waals surface area contributed by atoms with E-state index in [9.17, 15) is 9.59 Å². The topological polar surface area (TPSA) is 108 Å². The maximum atomic E-state index is 13.6. The van der Waals surface area contributed by atoms with Gasteiger partial charge in [-0.2, -0.15) is 4.89 Å². The highest BCUT2D eigenvalue weighted by atomic mass is 17.2. The number of hydrogen-bond donors (Lipinski definition) is 0. The Kier molecular flexibility index (Phi) is 14.2. The van der Waals surface area contributed by atoms with Crippen LogP contribution in [0.5, 0.6) is 17.2 Å². The molecule has 57 heavy (non-hydrogen) atoms. The molecule has 0 aromatic heterocycles. The summed E-state index contributed by atoms with van der Waals surface area (Å²) in [4.78, 5) is 37.5. The highest BCUT2D eigenvalue weighted by Gasteiger charge is 2.48. The minimum absolute atomic E-state index is 0.182. The number of ether oxygens (including phenoxy) is 6. The third kappa shape index (κ3) is 9.70. The zero-order valence-electron chi connectivity index (χ0n) is 35.2. The van der Waals surface area contributed by atoms with Crippen LogP contribution in [0.2, 0.25) is 0 Å². The van der Waals surface area contributed by atoms with Crippen molar-refractivity contribution < 1.29 is 47.8 Å². The molecule has 0 amide bonds.